The number of amides is 1. The maximum atomic E-state index is 13.3. The van der Waals surface area contributed by atoms with Crippen molar-refractivity contribution in [2.24, 2.45) is 7.05 Å². The number of aromatic nitrogens is 1. The van der Waals surface area contributed by atoms with Gasteiger partial charge < -0.3 is 9.47 Å². The van der Waals surface area contributed by atoms with Crippen molar-refractivity contribution in [3.63, 3.8) is 0 Å². The highest BCUT2D eigenvalue weighted by atomic mass is 35.5. The molecule has 1 amide bonds. The van der Waals surface area contributed by atoms with Crippen molar-refractivity contribution in [1.29, 1.82) is 0 Å². The molecule has 0 atom stereocenters. The van der Waals surface area contributed by atoms with E-state index in [0.717, 1.165) is 19.6 Å². The molecule has 1 aliphatic rings. The first-order chi connectivity index (χ1) is 13.0. The summed E-state index contributed by atoms with van der Waals surface area (Å²) in [4.78, 5) is 16.8. The summed E-state index contributed by atoms with van der Waals surface area (Å²) in [5.41, 5.74) is 2.97. The van der Waals surface area contributed by atoms with Crippen molar-refractivity contribution in [1.82, 2.24) is 14.4 Å². The van der Waals surface area contributed by atoms with Crippen LogP contribution in [0.4, 0.5) is 4.39 Å². The smallest absolute Gasteiger partial charge is 0.253 e. The Morgan fingerprint density at radius 1 is 1.11 bits per heavy atom. The monoisotopic (exact) mass is 385 g/mol. The van der Waals surface area contributed by atoms with Gasteiger partial charge in [-0.2, -0.15) is 0 Å². The number of piperazine rings is 1. The molecule has 1 fully saturated rings. The Labute approximate surface area is 162 Å². The molecule has 1 aromatic heterocycles. The zero-order valence-corrected chi connectivity index (χ0v) is 15.9. The van der Waals surface area contributed by atoms with E-state index in [1.165, 1.54) is 34.7 Å². The minimum atomic E-state index is -0.506. The molecule has 0 N–H and O–H groups in total. The van der Waals surface area contributed by atoms with Gasteiger partial charge in [0.15, 0.2) is 0 Å². The Balaban J connectivity index is 1.41. The summed E-state index contributed by atoms with van der Waals surface area (Å²) in [5.74, 6) is -0.602. The van der Waals surface area contributed by atoms with Crippen LogP contribution in [0.25, 0.3) is 10.9 Å². The van der Waals surface area contributed by atoms with Gasteiger partial charge in [0.25, 0.3) is 5.91 Å². The molecule has 140 valence electrons. The average Bonchev–Trinajstić information content (AvgIpc) is 3.00. The number of hydrogen-bond acceptors (Lipinski definition) is 2. The Morgan fingerprint density at radius 2 is 1.85 bits per heavy atom. The lowest BCUT2D eigenvalue weighted by Gasteiger charge is -2.34. The van der Waals surface area contributed by atoms with E-state index in [0.29, 0.717) is 18.7 Å². The zero-order valence-electron chi connectivity index (χ0n) is 15.2. The molecule has 0 unspecified atom stereocenters. The van der Waals surface area contributed by atoms with Gasteiger partial charge in [0.1, 0.15) is 5.82 Å². The van der Waals surface area contributed by atoms with E-state index >= 15 is 0 Å². The Morgan fingerprint density at radius 3 is 2.59 bits per heavy atom. The van der Waals surface area contributed by atoms with E-state index in [1.807, 2.05) is 4.90 Å². The van der Waals surface area contributed by atoms with Crippen LogP contribution in [-0.2, 0) is 13.6 Å². The predicted octanol–water partition coefficient (Wildman–Crippen LogP) is 3.93. The maximum absolute atomic E-state index is 13.3. The van der Waals surface area contributed by atoms with Gasteiger partial charge in [-0.05, 0) is 29.8 Å². The minimum absolute atomic E-state index is 0.0181. The van der Waals surface area contributed by atoms with E-state index in [4.69, 9.17) is 11.6 Å². The molecule has 27 heavy (non-hydrogen) atoms. The van der Waals surface area contributed by atoms with Crippen LogP contribution in [0.5, 0.6) is 0 Å². The van der Waals surface area contributed by atoms with Crippen LogP contribution in [0, 0.1) is 5.82 Å². The lowest BCUT2D eigenvalue weighted by molar-refractivity contribution is 0.0629. The molecule has 1 saturated heterocycles. The molecule has 2 aromatic carbocycles. The van der Waals surface area contributed by atoms with Gasteiger partial charge in [-0.15, -0.1) is 0 Å². The predicted molar refractivity (Wildman–Crippen MR) is 106 cm³/mol. The molecule has 6 heteroatoms. The first-order valence-corrected chi connectivity index (χ1v) is 9.40. The molecule has 2 heterocycles. The summed E-state index contributed by atoms with van der Waals surface area (Å²) in [5, 5.41) is 1.26. The molecule has 0 saturated carbocycles. The first kappa shape index (κ1) is 18.0. The van der Waals surface area contributed by atoms with Gasteiger partial charge in [-0.1, -0.05) is 29.8 Å². The van der Waals surface area contributed by atoms with Crippen molar-refractivity contribution in [3.8, 4) is 0 Å². The molecule has 3 aromatic rings. The number of benzene rings is 2. The number of carbonyl (C=O) groups is 1. The molecule has 0 bridgehead atoms. The minimum Gasteiger partial charge on any atom is -0.350 e. The standard InChI is InChI=1S/C21H21ClFN3O/c1-24-13-16(17-4-2-3-5-20(17)24)14-25-8-10-26(11-9-25)21(27)15-6-7-19(23)18(22)12-15/h2-7,12-13H,8-11,14H2,1H3. The van der Waals surface area contributed by atoms with E-state index in [9.17, 15) is 9.18 Å². The number of para-hydroxylation sites is 1. The normalized spacial score (nSPS) is 15.4. The van der Waals surface area contributed by atoms with E-state index in [1.54, 1.807) is 0 Å². The van der Waals surface area contributed by atoms with E-state index in [-0.39, 0.29) is 10.9 Å². The van der Waals surface area contributed by atoms with Crippen LogP contribution in [0.2, 0.25) is 5.02 Å². The van der Waals surface area contributed by atoms with E-state index in [2.05, 4.69) is 47.0 Å². The van der Waals surface area contributed by atoms with Crippen molar-refractivity contribution in [2.75, 3.05) is 26.2 Å². The third-order valence-electron chi connectivity index (χ3n) is 5.20. The highest BCUT2D eigenvalue weighted by Crippen LogP contribution is 2.23. The van der Waals surface area contributed by atoms with Gasteiger partial charge in [0.2, 0.25) is 0 Å². The fraction of sp³-hybridized carbons (Fsp3) is 0.286. The molecule has 4 rings (SSSR count). The van der Waals surface area contributed by atoms with Gasteiger partial charge in [0.05, 0.1) is 5.02 Å². The number of aryl methyl sites for hydroxylation is 1. The third kappa shape index (κ3) is 3.57. The summed E-state index contributed by atoms with van der Waals surface area (Å²) in [6.07, 6.45) is 2.18. The summed E-state index contributed by atoms with van der Waals surface area (Å²) < 4.78 is 15.5. The number of rotatable bonds is 3. The maximum Gasteiger partial charge on any atom is 0.253 e. The van der Waals surface area contributed by atoms with Crippen molar-refractivity contribution < 1.29 is 9.18 Å². The van der Waals surface area contributed by atoms with E-state index < -0.39 is 5.82 Å². The highest BCUT2D eigenvalue weighted by Gasteiger charge is 2.23. The number of nitrogens with zero attached hydrogens (tertiary/aromatic N) is 3. The summed E-state index contributed by atoms with van der Waals surface area (Å²) in [6.45, 7) is 3.79. The van der Waals surface area contributed by atoms with Gasteiger partial charge in [0, 0.05) is 62.4 Å². The van der Waals surface area contributed by atoms with Crippen LogP contribution in [0.15, 0.2) is 48.7 Å². The fourth-order valence-corrected chi connectivity index (χ4v) is 3.89. The van der Waals surface area contributed by atoms with Crippen LogP contribution in [-0.4, -0.2) is 46.5 Å². The molecular weight excluding hydrogens is 365 g/mol. The van der Waals surface area contributed by atoms with Crippen molar-refractivity contribution >= 4 is 28.4 Å². The molecule has 0 aliphatic carbocycles. The fourth-order valence-electron chi connectivity index (χ4n) is 3.71. The summed E-state index contributed by atoms with van der Waals surface area (Å²) >= 11 is 5.80. The average molecular weight is 386 g/mol. The lowest BCUT2D eigenvalue weighted by atomic mass is 10.1. The van der Waals surface area contributed by atoms with Crippen LogP contribution < -0.4 is 0 Å². The first-order valence-electron chi connectivity index (χ1n) is 9.02. The Kier molecular flexibility index (Phi) is 4.89. The SMILES string of the molecule is Cn1cc(CN2CCN(C(=O)c3ccc(F)c(Cl)c3)CC2)c2ccccc21. The van der Waals surface area contributed by atoms with Crippen molar-refractivity contribution in [3.05, 3.63) is 70.6 Å². The second-order valence-corrected chi connectivity index (χ2v) is 7.39. The third-order valence-corrected chi connectivity index (χ3v) is 5.49. The molecule has 1 aliphatic heterocycles. The molecular formula is C21H21ClFN3O. The van der Waals surface area contributed by atoms with Crippen LogP contribution in [0.3, 0.4) is 0 Å². The second-order valence-electron chi connectivity index (χ2n) is 6.98. The van der Waals surface area contributed by atoms with Gasteiger partial charge in [-0.25, -0.2) is 4.39 Å². The van der Waals surface area contributed by atoms with Crippen molar-refractivity contribution in [2.45, 2.75) is 6.54 Å². The quantitative estimate of drug-likeness (QED) is 0.683. The number of fused-ring (bicyclic) bond motifs is 1. The molecule has 0 radical (unpaired) electrons. The highest BCUT2D eigenvalue weighted by molar-refractivity contribution is 6.31. The largest absolute Gasteiger partial charge is 0.350 e. The Bertz CT molecular complexity index is 992. The van der Waals surface area contributed by atoms with Crippen LogP contribution >= 0.6 is 11.6 Å². The number of hydrogen-bond donors (Lipinski definition) is 0. The number of carbonyl (C=O) groups excluding carboxylic acids is 1. The number of halogens is 2. The molecule has 0 spiro atoms. The summed E-state index contributed by atoms with van der Waals surface area (Å²) in [6, 6.07) is 12.5. The molecule has 4 nitrogen and oxygen atoms in total. The summed E-state index contributed by atoms with van der Waals surface area (Å²) in [7, 11) is 2.07. The van der Waals surface area contributed by atoms with Gasteiger partial charge >= 0.3 is 0 Å². The Hall–Kier alpha value is -2.37. The second kappa shape index (κ2) is 7.33. The zero-order chi connectivity index (χ0) is 19.0. The van der Waals surface area contributed by atoms with Gasteiger partial charge in [-0.3, -0.25) is 9.69 Å². The lowest BCUT2D eigenvalue weighted by Crippen LogP contribution is -2.48. The van der Waals surface area contributed by atoms with Crippen LogP contribution in [0.1, 0.15) is 15.9 Å². The topological polar surface area (TPSA) is 28.5 Å².